The van der Waals surface area contributed by atoms with E-state index in [-0.39, 0.29) is 17.2 Å². The second-order valence-corrected chi connectivity index (χ2v) is 4.72. The van der Waals surface area contributed by atoms with Crippen LogP contribution >= 0.6 is 15.9 Å². The van der Waals surface area contributed by atoms with Crippen LogP contribution < -0.4 is 4.74 Å². The van der Waals surface area contributed by atoms with Gasteiger partial charge in [-0.2, -0.15) is 0 Å². The average molecular weight is 336 g/mol. The maximum Gasteiger partial charge on any atom is 0.310 e. The van der Waals surface area contributed by atoms with Crippen LogP contribution in [0.25, 0.3) is 0 Å². The number of carbonyl (C=O) groups is 1. The van der Waals surface area contributed by atoms with Crippen LogP contribution in [0.15, 0.2) is 54.6 Å². The van der Waals surface area contributed by atoms with Gasteiger partial charge in [-0.25, -0.2) is 0 Å². The Bertz CT molecular complexity index is 630. The fourth-order valence-corrected chi connectivity index (χ4v) is 2.07. The molecule has 0 amide bonds. The second-order valence-electron chi connectivity index (χ2n) is 3.89. The Morgan fingerprint density at radius 2 is 1.70 bits per heavy atom. The fourth-order valence-electron chi connectivity index (χ4n) is 1.61. The fraction of sp³-hybridized carbons (Fsp3) is 0.0714. The van der Waals surface area contributed by atoms with Crippen LogP contribution in [0.2, 0.25) is 0 Å². The Hall–Kier alpha value is -2.21. The van der Waals surface area contributed by atoms with Gasteiger partial charge >= 0.3 is 5.69 Å². The van der Waals surface area contributed by atoms with E-state index in [4.69, 9.17) is 4.74 Å². The number of nitro benzene ring substituents is 1. The third-order valence-electron chi connectivity index (χ3n) is 2.56. The molecule has 102 valence electrons. The van der Waals surface area contributed by atoms with Crippen molar-refractivity contribution in [3.05, 3.63) is 70.3 Å². The number of halogens is 1. The van der Waals surface area contributed by atoms with Gasteiger partial charge in [0, 0.05) is 11.6 Å². The van der Waals surface area contributed by atoms with Crippen molar-refractivity contribution in [2.75, 3.05) is 0 Å². The van der Waals surface area contributed by atoms with E-state index in [1.807, 2.05) is 0 Å². The van der Waals surface area contributed by atoms with E-state index in [9.17, 15) is 14.9 Å². The molecule has 0 aromatic heterocycles. The summed E-state index contributed by atoms with van der Waals surface area (Å²) in [6, 6.07) is 14.5. The summed E-state index contributed by atoms with van der Waals surface area (Å²) >= 11 is 3.11. The van der Waals surface area contributed by atoms with E-state index in [2.05, 4.69) is 15.9 Å². The molecule has 0 saturated carbocycles. The molecule has 1 atom stereocenters. The Balaban J connectivity index is 2.18. The lowest BCUT2D eigenvalue weighted by molar-refractivity contribution is -0.385. The lowest BCUT2D eigenvalue weighted by Gasteiger charge is -2.12. The zero-order chi connectivity index (χ0) is 14.5. The average Bonchev–Trinajstić information content (AvgIpc) is 2.47. The lowest BCUT2D eigenvalue weighted by Crippen LogP contribution is -2.21. The molecule has 0 saturated heterocycles. The van der Waals surface area contributed by atoms with Gasteiger partial charge in [0.15, 0.2) is 5.75 Å². The van der Waals surface area contributed by atoms with Crippen LogP contribution in [0.3, 0.4) is 0 Å². The number of Topliss-reactive ketones (excluding diaryl/α,β-unsaturated/α-hetero) is 1. The van der Waals surface area contributed by atoms with Crippen LogP contribution in [0, 0.1) is 10.1 Å². The molecule has 6 heteroatoms. The molecule has 2 aromatic rings. The first-order valence-corrected chi connectivity index (χ1v) is 6.64. The van der Waals surface area contributed by atoms with E-state index in [0.29, 0.717) is 5.56 Å². The van der Waals surface area contributed by atoms with Crippen molar-refractivity contribution in [2.45, 2.75) is 5.01 Å². The van der Waals surface area contributed by atoms with Crippen molar-refractivity contribution < 1.29 is 14.5 Å². The molecule has 0 bridgehead atoms. The van der Waals surface area contributed by atoms with Gasteiger partial charge in [-0.1, -0.05) is 42.5 Å². The van der Waals surface area contributed by atoms with Crippen LogP contribution in [-0.2, 0) is 0 Å². The molecule has 0 aliphatic carbocycles. The van der Waals surface area contributed by atoms with Crippen molar-refractivity contribution in [3.8, 4) is 5.75 Å². The second kappa shape index (κ2) is 6.29. The summed E-state index contributed by atoms with van der Waals surface area (Å²) in [4.78, 5) is 22.4. The van der Waals surface area contributed by atoms with Crippen molar-refractivity contribution in [3.63, 3.8) is 0 Å². The van der Waals surface area contributed by atoms with E-state index in [1.54, 1.807) is 36.4 Å². The summed E-state index contributed by atoms with van der Waals surface area (Å²) in [5, 5.41) is 9.89. The van der Waals surface area contributed by atoms with Gasteiger partial charge in [0.05, 0.1) is 4.92 Å². The number of rotatable bonds is 5. The molecule has 0 spiro atoms. The first-order valence-electron chi connectivity index (χ1n) is 5.73. The Morgan fingerprint density at radius 1 is 1.10 bits per heavy atom. The molecule has 0 aliphatic heterocycles. The summed E-state index contributed by atoms with van der Waals surface area (Å²) in [5.41, 5.74) is 0.283. The third kappa shape index (κ3) is 3.21. The summed E-state index contributed by atoms with van der Waals surface area (Å²) in [7, 11) is 0. The molecule has 2 aromatic carbocycles. The van der Waals surface area contributed by atoms with Gasteiger partial charge in [-0.15, -0.1) is 0 Å². The van der Waals surface area contributed by atoms with Gasteiger partial charge in [0.1, 0.15) is 0 Å². The predicted molar refractivity (Wildman–Crippen MR) is 77.2 cm³/mol. The number of ketones is 1. The first-order chi connectivity index (χ1) is 9.59. The molecular weight excluding hydrogens is 326 g/mol. The standard InChI is InChI=1S/C14H10BrNO4/c15-14(13(17)10-6-2-1-3-7-10)20-12-9-5-4-8-11(12)16(18)19/h1-9,14H. The number of para-hydroxylation sites is 2. The van der Waals surface area contributed by atoms with Crippen LogP contribution in [0.1, 0.15) is 10.4 Å². The van der Waals surface area contributed by atoms with Crippen molar-refractivity contribution in [1.82, 2.24) is 0 Å². The SMILES string of the molecule is O=C(c1ccccc1)C(Br)Oc1ccccc1[N+](=O)[O-]. The van der Waals surface area contributed by atoms with Crippen molar-refractivity contribution >= 4 is 27.4 Å². The topological polar surface area (TPSA) is 69.4 Å². The van der Waals surface area contributed by atoms with Gasteiger partial charge in [0.2, 0.25) is 10.8 Å². The summed E-state index contributed by atoms with van der Waals surface area (Å²) in [6.45, 7) is 0. The molecule has 2 rings (SSSR count). The number of hydrogen-bond acceptors (Lipinski definition) is 4. The zero-order valence-electron chi connectivity index (χ0n) is 10.2. The smallest absolute Gasteiger partial charge is 0.310 e. The maximum atomic E-state index is 12.1. The summed E-state index contributed by atoms with van der Waals surface area (Å²) in [6.07, 6.45) is 0. The molecule has 0 N–H and O–H groups in total. The highest BCUT2D eigenvalue weighted by Gasteiger charge is 2.22. The van der Waals surface area contributed by atoms with Crippen LogP contribution in [-0.4, -0.2) is 15.7 Å². The first kappa shape index (κ1) is 14.2. The van der Waals surface area contributed by atoms with Gasteiger partial charge in [0.25, 0.3) is 0 Å². The van der Waals surface area contributed by atoms with Crippen LogP contribution in [0.4, 0.5) is 5.69 Å². The predicted octanol–water partition coefficient (Wildman–Crippen LogP) is 3.58. The van der Waals surface area contributed by atoms with Crippen molar-refractivity contribution in [2.24, 2.45) is 0 Å². The number of nitrogens with zero attached hydrogens (tertiary/aromatic N) is 1. The normalized spacial score (nSPS) is 11.7. The molecular formula is C14H10BrNO4. The molecule has 0 radical (unpaired) electrons. The number of ether oxygens (including phenoxy) is 1. The minimum absolute atomic E-state index is 0.0451. The van der Waals surface area contributed by atoms with E-state index < -0.39 is 9.94 Å². The van der Waals surface area contributed by atoms with Gasteiger partial charge in [-0.3, -0.25) is 14.9 Å². The molecule has 5 nitrogen and oxygen atoms in total. The minimum atomic E-state index is -0.981. The van der Waals surface area contributed by atoms with E-state index >= 15 is 0 Å². The molecule has 0 aliphatic rings. The number of alkyl halides is 1. The number of benzene rings is 2. The van der Waals surface area contributed by atoms with Gasteiger partial charge < -0.3 is 4.74 Å². The minimum Gasteiger partial charge on any atom is -0.464 e. The molecule has 0 fully saturated rings. The number of nitro groups is 1. The Labute approximate surface area is 123 Å². The molecule has 0 heterocycles. The lowest BCUT2D eigenvalue weighted by atomic mass is 10.1. The van der Waals surface area contributed by atoms with E-state index in [0.717, 1.165) is 0 Å². The third-order valence-corrected chi connectivity index (χ3v) is 3.16. The summed E-state index contributed by atoms with van der Waals surface area (Å²) in [5.74, 6) is -0.257. The monoisotopic (exact) mass is 335 g/mol. The highest BCUT2D eigenvalue weighted by molar-refractivity contribution is 9.09. The van der Waals surface area contributed by atoms with Crippen molar-refractivity contribution in [1.29, 1.82) is 0 Å². The van der Waals surface area contributed by atoms with Gasteiger partial charge in [-0.05, 0) is 22.0 Å². The highest BCUT2D eigenvalue weighted by Crippen LogP contribution is 2.28. The van der Waals surface area contributed by atoms with Crippen LogP contribution in [0.5, 0.6) is 5.75 Å². The summed E-state index contributed by atoms with van der Waals surface area (Å²) < 4.78 is 5.35. The largest absolute Gasteiger partial charge is 0.464 e. The molecule has 1 unspecified atom stereocenters. The number of hydrogen-bond donors (Lipinski definition) is 0. The Morgan fingerprint density at radius 3 is 2.35 bits per heavy atom. The quantitative estimate of drug-likeness (QED) is 0.362. The molecule has 20 heavy (non-hydrogen) atoms. The maximum absolute atomic E-state index is 12.1. The zero-order valence-corrected chi connectivity index (χ0v) is 11.8. The number of carbonyl (C=O) groups excluding carboxylic acids is 1. The Kier molecular flexibility index (Phi) is 4.47. The van der Waals surface area contributed by atoms with E-state index in [1.165, 1.54) is 18.2 Å². The highest BCUT2D eigenvalue weighted by atomic mass is 79.9.